The third-order valence-corrected chi connectivity index (χ3v) is 6.34. The first-order valence-electron chi connectivity index (χ1n) is 11.3. The van der Waals surface area contributed by atoms with Crippen molar-refractivity contribution < 1.29 is 14.4 Å². The lowest BCUT2D eigenvalue weighted by Gasteiger charge is -2.29. The minimum absolute atomic E-state index is 0.149. The Morgan fingerprint density at radius 3 is 2.71 bits per heavy atom. The molecule has 176 valence electrons. The van der Waals surface area contributed by atoms with Crippen molar-refractivity contribution in [3.63, 3.8) is 0 Å². The van der Waals surface area contributed by atoms with E-state index in [1.807, 2.05) is 43.3 Å². The van der Waals surface area contributed by atoms with Crippen LogP contribution < -0.4 is 16.0 Å². The molecule has 2 aliphatic heterocycles. The van der Waals surface area contributed by atoms with Crippen LogP contribution in [-0.4, -0.2) is 35.2 Å². The summed E-state index contributed by atoms with van der Waals surface area (Å²) in [6.45, 7) is 6.49. The van der Waals surface area contributed by atoms with Crippen molar-refractivity contribution in [1.29, 1.82) is 0 Å². The van der Waals surface area contributed by atoms with Gasteiger partial charge < -0.3 is 16.0 Å². The Morgan fingerprint density at radius 2 is 1.94 bits per heavy atom. The van der Waals surface area contributed by atoms with E-state index in [0.717, 1.165) is 40.6 Å². The van der Waals surface area contributed by atoms with Crippen LogP contribution in [0.2, 0.25) is 5.02 Å². The lowest BCUT2D eigenvalue weighted by atomic mass is 10.0. The number of hydrogen-bond acceptors (Lipinski definition) is 5. The van der Waals surface area contributed by atoms with Gasteiger partial charge in [-0.05, 0) is 68.0 Å². The lowest BCUT2D eigenvalue weighted by molar-refractivity contribution is -0.146. The molecule has 2 aromatic carbocycles. The van der Waals surface area contributed by atoms with Crippen molar-refractivity contribution in [2.45, 2.75) is 38.6 Å². The maximum Gasteiger partial charge on any atom is 0.278 e. The van der Waals surface area contributed by atoms with Crippen LogP contribution in [0, 0.1) is 6.92 Å². The molecule has 3 N–H and O–H groups in total. The molecular weight excluding hydrogens is 452 g/mol. The summed E-state index contributed by atoms with van der Waals surface area (Å²) in [5, 5.41) is 9.81. The number of nitrogens with zero attached hydrogens (tertiary/aromatic N) is 1. The third-order valence-electron chi connectivity index (χ3n) is 5.94. The highest BCUT2D eigenvalue weighted by molar-refractivity contribution is 6.31. The summed E-state index contributed by atoms with van der Waals surface area (Å²) in [5.74, 6) is -1.38. The Bertz CT molecular complexity index is 1190. The number of imide groups is 1. The normalized spacial score (nSPS) is 18.1. The van der Waals surface area contributed by atoms with Gasteiger partial charge in [-0.3, -0.25) is 19.3 Å². The van der Waals surface area contributed by atoms with Gasteiger partial charge in [-0.1, -0.05) is 36.4 Å². The van der Waals surface area contributed by atoms with E-state index in [9.17, 15) is 14.4 Å². The van der Waals surface area contributed by atoms with E-state index < -0.39 is 17.9 Å². The smallest absolute Gasteiger partial charge is 0.278 e. The fraction of sp³-hybridized carbons (Fsp3) is 0.269. The number of benzene rings is 2. The van der Waals surface area contributed by atoms with Gasteiger partial charge in [0.1, 0.15) is 11.7 Å². The average molecular weight is 479 g/mol. The van der Waals surface area contributed by atoms with E-state index >= 15 is 0 Å². The van der Waals surface area contributed by atoms with Gasteiger partial charge >= 0.3 is 0 Å². The van der Waals surface area contributed by atoms with Crippen molar-refractivity contribution in [2.75, 3.05) is 17.2 Å². The molecule has 0 saturated carbocycles. The van der Waals surface area contributed by atoms with Crippen molar-refractivity contribution in [1.82, 2.24) is 10.2 Å². The topological polar surface area (TPSA) is 90.5 Å². The number of amides is 3. The predicted molar refractivity (Wildman–Crippen MR) is 133 cm³/mol. The number of hydrogen-bond donors (Lipinski definition) is 3. The summed E-state index contributed by atoms with van der Waals surface area (Å²) in [4.78, 5) is 38.6. The van der Waals surface area contributed by atoms with Gasteiger partial charge in [-0.25, -0.2) is 0 Å². The van der Waals surface area contributed by atoms with Crippen LogP contribution in [0.1, 0.15) is 30.4 Å². The molecule has 34 heavy (non-hydrogen) atoms. The number of rotatable bonds is 8. The Labute approximate surface area is 203 Å². The molecule has 0 aliphatic carbocycles. The number of carbonyl (C=O) groups is 3. The SMILES string of the molecule is C=C1CCC(N2C(=O)C=C(Nc3cccc(NCCCc4ccc(C)c(Cl)c4)c3)C2=O)C(=O)N1. The maximum atomic E-state index is 12.9. The van der Waals surface area contributed by atoms with Gasteiger partial charge in [0.15, 0.2) is 0 Å². The summed E-state index contributed by atoms with van der Waals surface area (Å²) < 4.78 is 0. The Hall–Kier alpha value is -3.58. The second-order valence-electron chi connectivity index (χ2n) is 8.54. The number of allylic oxidation sites excluding steroid dienone is 1. The molecule has 0 radical (unpaired) electrons. The van der Waals surface area contributed by atoms with E-state index in [1.165, 1.54) is 11.6 Å². The van der Waals surface area contributed by atoms with Gasteiger partial charge in [-0.2, -0.15) is 0 Å². The molecule has 4 rings (SSSR count). The molecule has 3 amide bonds. The quantitative estimate of drug-likeness (QED) is 0.391. The molecule has 0 spiro atoms. The van der Waals surface area contributed by atoms with Crippen molar-refractivity contribution >= 4 is 40.7 Å². The molecule has 2 aliphatic rings. The second kappa shape index (κ2) is 10.1. The van der Waals surface area contributed by atoms with Crippen LogP contribution in [-0.2, 0) is 20.8 Å². The Kier molecular flexibility index (Phi) is 7.03. The maximum absolute atomic E-state index is 12.9. The number of piperidine rings is 1. The monoisotopic (exact) mass is 478 g/mol. The Morgan fingerprint density at radius 1 is 1.15 bits per heavy atom. The van der Waals surface area contributed by atoms with Gasteiger partial charge in [0.05, 0.1) is 0 Å². The molecule has 1 unspecified atom stereocenters. The molecule has 1 fully saturated rings. The van der Waals surface area contributed by atoms with Crippen LogP contribution in [0.4, 0.5) is 11.4 Å². The van der Waals surface area contributed by atoms with Crippen LogP contribution in [0.3, 0.4) is 0 Å². The van der Waals surface area contributed by atoms with E-state index in [1.54, 1.807) is 0 Å². The molecule has 1 saturated heterocycles. The van der Waals surface area contributed by atoms with Crippen molar-refractivity contribution in [3.05, 3.63) is 82.7 Å². The molecule has 1 atom stereocenters. The minimum Gasteiger partial charge on any atom is -0.385 e. The highest BCUT2D eigenvalue weighted by Crippen LogP contribution is 2.25. The summed E-state index contributed by atoms with van der Waals surface area (Å²) in [7, 11) is 0. The summed E-state index contributed by atoms with van der Waals surface area (Å²) in [5.41, 5.74) is 4.58. The summed E-state index contributed by atoms with van der Waals surface area (Å²) in [6, 6.07) is 12.8. The zero-order valence-corrected chi connectivity index (χ0v) is 19.7. The largest absolute Gasteiger partial charge is 0.385 e. The number of carbonyl (C=O) groups excluding carboxylic acids is 3. The average Bonchev–Trinajstić information content (AvgIpc) is 3.07. The fourth-order valence-corrected chi connectivity index (χ4v) is 4.26. The van der Waals surface area contributed by atoms with Crippen molar-refractivity contribution in [2.24, 2.45) is 0 Å². The van der Waals surface area contributed by atoms with Gasteiger partial charge in [-0.15, -0.1) is 0 Å². The molecular formula is C26H27ClN4O3. The Balaban J connectivity index is 1.32. The number of nitrogens with one attached hydrogen (secondary N) is 3. The van der Waals surface area contributed by atoms with Crippen LogP contribution >= 0.6 is 11.6 Å². The zero-order valence-electron chi connectivity index (χ0n) is 19.0. The van der Waals surface area contributed by atoms with E-state index in [2.05, 4.69) is 28.6 Å². The third kappa shape index (κ3) is 5.31. The molecule has 0 aromatic heterocycles. The van der Waals surface area contributed by atoms with Crippen LogP contribution in [0.5, 0.6) is 0 Å². The number of anilines is 2. The molecule has 2 heterocycles. The van der Waals surface area contributed by atoms with Gasteiger partial charge in [0.25, 0.3) is 11.8 Å². The number of aryl methyl sites for hydroxylation is 2. The standard InChI is InChI=1S/C26H27ClN4O3/c1-16-8-10-18(13-21(16)27)5-4-12-28-19-6-3-7-20(14-19)30-22-15-24(32)31(26(22)34)23-11-9-17(2)29-25(23)33/h3,6-8,10,13-15,23,28,30H,2,4-5,9,11-12H2,1H3,(H,29,33). The lowest BCUT2D eigenvalue weighted by Crippen LogP contribution is -2.52. The number of halogens is 1. The zero-order chi connectivity index (χ0) is 24.2. The first-order chi connectivity index (χ1) is 16.3. The second-order valence-corrected chi connectivity index (χ2v) is 8.95. The molecule has 8 heteroatoms. The van der Waals surface area contributed by atoms with Crippen LogP contribution in [0.15, 0.2) is 66.5 Å². The minimum atomic E-state index is -0.822. The van der Waals surface area contributed by atoms with E-state index in [4.69, 9.17) is 11.6 Å². The van der Waals surface area contributed by atoms with Gasteiger partial charge in [0, 0.05) is 34.7 Å². The molecule has 7 nitrogen and oxygen atoms in total. The highest BCUT2D eigenvalue weighted by atomic mass is 35.5. The predicted octanol–water partition coefficient (Wildman–Crippen LogP) is 4.15. The molecule has 2 aromatic rings. The highest BCUT2D eigenvalue weighted by Gasteiger charge is 2.41. The van der Waals surface area contributed by atoms with Crippen LogP contribution in [0.25, 0.3) is 0 Å². The van der Waals surface area contributed by atoms with E-state index in [-0.39, 0.29) is 11.6 Å². The first kappa shape index (κ1) is 23.6. The van der Waals surface area contributed by atoms with Gasteiger partial charge in [0.2, 0.25) is 5.91 Å². The first-order valence-corrected chi connectivity index (χ1v) is 11.6. The van der Waals surface area contributed by atoms with E-state index in [0.29, 0.717) is 24.2 Å². The summed E-state index contributed by atoms with van der Waals surface area (Å²) >= 11 is 6.20. The summed E-state index contributed by atoms with van der Waals surface area (Å²) in [6.07, 6.45) is 3.98. The fourth-order valence-electron chi connectivity index (χ4n) is 4.06. The van der Waals surface area contributed by atoms with Crippen molar-refractivity contribution in [3.8, 4) is 0 Å². The molecule has 0 bridgehead atoms.